The Kier molecular flexibility index (Phi) is 7.43. The molecule has 2 aliphatic heterocycles. The largest absolute Gasteiger partial charge is 0.383 e. The molecule has 0 unspecified atom stereocenters. The summed E-state index contributed by atoms with van der Waals surface area (Å²) in [5, 5.41) is 0. The first-order chi connectivity index (χ1) is 13.2. The SMILES string of the molecule is COCCN1CCN(CCC(=O)N2CCN(c3ccc(F)cc3)CC2)CC1. The van der Waals surface area contributed by atoms with Gasteiger partial charge in [0.25, 0.3) is 0 Å². The number of benzene rings is 1. The number of piperazine rings is 2. The van der Waals surface area contributed by atoms with Crippen LogP contribution in [-0.2, 0) is 9.53 Å². The second-order valence-corrected chi connectivity index (χ2v) is 7.27. The molecule has 2 fully saturated rings. The molecule has 0 atom stereocenters. The third-order valence-corrected chi connectivity index (χ3v) is 5.54. The molecule has 7 heteroatoms. The zero-order valence-electron chi connectivity index (χ0n) is 16.3. The second-order valence-electron chi connectivity index (χ2n) is 7.27. The van der Waals surface area contributed by atoms with Crippen molar-refractivity contribution < 1.29 is 13.9 Å². The van der Waals surface area contributed by atoms with Crippen LogP contribution in [0.4, 0.5) is 10.1 Å². The van der Waals surface area contributed by atoms with Crippen molar-refractivity contribution in [2.45, 2.75) is 6.42 Å². The highest BCUT2D eigenvalue weighted by Gasteiger charge is 2.23. The van der Waals surface area contributed by atoms with Crippen molar-refractivity contribution in [3.63, 3.8) is 0 Å². The number of rotatable bonds is 7. The quantitative estimate of drug-likeness (QED) is 0.711. The molecule has 2 heterocycles. The predicted molar refractivity (Wildman–Crippen MR) is 105 cm³/mol. The van der Waals surface area contributed by atoms with Crippen molar-refractivity contribution in [3.8, 4) is 0 Å². The van der Waals surface area contributed by atoms with Gasteiger partial charge < -0.3 is 19.4 Å². The van der Waals surface area contributed by atoms with Crippen LogP contribution >= 0.6 is 0 Å². The lowest BCUT2D eigenvalue weighted by Gasteiger charge is -2.37. The molecule has 1 aromatic rings. The van der Waals surface area contributed by atoms with E-state index in [0.717, 1.165) is 77.7 Å². The average Bonchev–Trinajstić information content (AvgIpc) is 2.72. The number of methoxy groups -OCH3 is 1. The van der Waals surface area contributed by atoms with Crippen LogP contribution in [0.3, 0.4) is 0 Å². The lowest BCUT2D eigenvalue weighted by molar-refractivity contribution is -0.131. The lowest BCUT2D eigenvalue weighted by Crippen LogP contribution is -2.50. The molecule has 0 radical (unpaired) electrons. The number of halogens is 1. The molecule has 27 heavy (non-hydrogen) atoms. The predicted octanol–water partition coefficient (Wildman–Crippen LogP) is 1.13. The minimum atomic E-state index is -0.216. The van der Waals surface area contributed by atoms with E-state index in [0.29, 0.717) is 6.42 Å². The van der Waals surface area contributed by atoms with Crippen LogP contribution in [0.5, 0.6) is 0 Å². The molecule has 150 valence electrons. The maximum Gasteiger partial charge on any atom is 0.223 e. The van der Waals surface area contributed by atoms with Crippen LogP contribution in [0.2, 0.25) is 0 Å². The Balaban J connectivity index is 1.34. The summed E-state index contributed by atoms with van der Waals surface area (Å²) in [6, 6.07) is 6.59. The Hall–Kier alpha value is -1.70. The van der Waals surface area contributed by atoms with E-state index in [2.05, 4.69) is 14.7 Å². The number of hydrogen-bond donors (Lipinski definition) is 0. The number of nitrogens with zero attached hydrogens (tertiary/aromatic N) is 4. The molecule has 0 N–H and O–H groups in total. The fraction of sp³-hybridized carbons (Fsp3) is 0.650. The maximum atomic E-state index is 13.1. The Morgan fingerprint density at radius 3 is 2.11 bits per heavy atom. The van der Waals surface area contributed by atoms with Crippen molar-refractivity contribution in [2.24, 2.45) is 0 Å². The molecule has 3 rings (SSSR count). The average molecular weight is 378 g/mol. The van der Waals surface area contributed by atoms with Gasteiger partial charge in [0.1, 0.15) is 5.82 Å². The van der Waals surface area contributed by atoms with Gasteiger partial charge in [-0.2, -0.15) is 0 Å². The normalized spacial score (nSPS) is 19.5. The van der Waals surface area contributed by atoms with Gasteiger partial charge in [0.15, 0.2) is 0 Å². The first kappa shape index (κ1) is 20.0. The van der Waals surface area contributed by atoms with Gasteiger partial charge >= 0.3 is 0 Å². The molecule has 0 spiro atoms. The minimum absolute atomic E-state index is 0.216. The molecule has 0 aromatic heterocycles. The minimum Gasteiger partial charge on any atom is -0.383 e. The van der Waals surface area contributed by atoms with Gasteiger partial charge in [-0.3, -0.25) is 9.69 Å². The van der Waals surface area contributed by atoms with Crippen LogP contribution in [0, 0.1) is 5.82 Å². The van der Waals surface area contributed by atoms with E-state index in [1.54, 1.807) is 19.2 Å². The highest BCUT2D eigenvalue weighted by atomic mass is 19.1. The van der Waals surface area contributed by atoms with E-state index >= 15 is 0 Å². The molecule has 2 saturated heterocycles. The molecular formula is C20H31FN4O2. The Morgan fingerprint density at radius 2 is 1.52 bits per heavy atom. The zero-order valence-corrected chi connectivity index (χ0v) is 16.3. The monoisotopic (exact) mass is 378 g/mol. The van der Waals surface area contributed by atoms with E-state index in [1.807, 2.05) is 4.90 Å². The van der Waals surface area contributed by atoms with Gasteiger partial charge in [-0.05, 0) is 24.3 Å². The summed E-state index contributed by atoms with van der Waals surface area (Å²) in [7, 11) is 1.74. The Morgan fingerprint density at radius 1 is 0.926 bits per heavy atom. The van der Waals surface area contributed by atoms with Gasteiger partial charge in [0.05, 0.1) is 6.61 Å². The van der Waals surface area contributed by atoms with E-state index in [-0.39, 0.29) is 11.7 Å². The number of anilines is 1. The highest BCUT2D eigenvalue weighted by Crippen LogP contribution is 2.17. The van der Waals surface area contributed by atoms with Gasteiger partial charge in [-0.1, -0.05) is 0 Å². The van der Waals surface area contributed by atoms with Crippen LogP contribution < -0.4 is 4.90 Å². The maximum absolute atomic E-state index is 13.1. The summed E-state index contributed by atoms with van der Waals surface area (Å²) in [6.45, 7) is 9.83. The number of amides is 1. The fourth-order valence-corrected chi connectivity index (χ4v) is 3.73. The van der Waals surface area contributed by atoms with E-state index in [9.17, 15) is 9.18 Å². The Labute approximate surface area is 161 Å². The van der Waals surface area contributed by atoms with Crippen molar-refractivity contribution in [1.29, 1.82) is 0 Å². The number of hydrogen-bond acceptors (Lipinski definition) is 5. The molecule has 1 aromatic carbocycles. The number of ether oxygens (including phenoxy) is 1. The van der Waals surface area contributed by atoms with Crippen LogP contribution in [0.15, 0.2) is 24.3 Å². The van der Waals surface area contributed by atoms with Crippen LogP contribution in [0.1, 0.15) is 6.42 Å². The number of carbonyl (C=O) groups is 1. The first-order valence-corrected chi connectivity index (χ1v) is 9.87. The first-order valence-electron chi connectivity index (χ1n) is 9.87. The molecule has 0 saturated carbocycles. The summed E-state index contributed by atoms with van der Waals surface area (Å²) >= 11 is 0. The third-order valence-electron chi connectivity index (χ3n) is 5.54. The van der Waals surface area contributed by atoms with Gasteiger partial charge in [0.2, 0.25) is 5.91 Å². The molecule has 6 nitrogen and oxygen atoms in total. The fourth-order valence-electron chi connectivity index (χ4n) is 3.73. The lowest BCUT2D eigenvalue weighted by atomic mass is 10.2. The van der Waals surface area contributed by atoms with Crippen molar-refractivity contribution in [2.75, 3.05) is 84.1 Å². The van der Waals surface area contributed by atoms with Gasteiger partial charge in [-0.15, -0.1) is 0 Å². The van der Waals surface area contributed by atoms with Gasteiger partial charge in [0, 0.05) is 84.7 Å². The smallest absolute Gasteiger partial charge is 0.223 e. The van der Waals surface area contributed by atoms with Gasteiger partial charge in [-0.25, -0.2) is 4.39 Å². The summed E-state index contributed by atoms with van der Waals surface area (Å²) in [6.07, 6.45) is 0.592. The summed E-state index contributed by atoms with van der Waals surface area (Å²) < 4.78 is 18.2. The summed E-state index contributed by atoms with van der Waals surface area (Å²) in [4.78, 5) is 21.5. The number of carbonyl (C=O) groups excluding carboxylic acids is 1. The van der Waals surface area contributed by atoms with Crippen LogP contribution in [0.25, 0.3) is 0 Å². The highest BCUT2D eigenvalue weighted by molar-refractivity contribution is 5.76. The van der Waals surface area contributed by atoms with Crippen molar-refractivity contribution >= 4 is 11.6 Å². The standard InChI is InChI=1S/C20H31FN4O2/c1-27-17-16-23-10-8-22(9-11-23)7-6-20(26)25-14-12-24(13-15-25)19-4-2-18(21)3-5-19/h2-5H,6-17H2,1H3. The Bertz CT molecular complexity index is 582. The van der Waals surface area contributed by atoms with E-state index in [1.165, 1.54) is 12.1 Å². The van der Waals surface area contributed by atoms with Crippen LogP contribution in [-0.4, -0.2) is 99.8 Å². The zero-order chi connectivity index (χ0) is 19.1. The molecule has 2 aliphatic rings. The van der Waals surface area contributed by atoms with E-state index in [4.69, 9.17) is 4.74 Å². The van der Waals surface area contributed by atoms with Crippen molar-refractivity contribution in [1.82, 2.24) is 14.7 Å². The molecule has 0 aliphatic carbocycles. The second kappa shape index (κ2) is 10.0. The van der Waals surface area contributed by atoms with E-state index < -0.39 is 0 Å². The molecular weight excluding hydrogens is 347 g/mol. The summed E-state index contributed by atoms with van der Waals surface area (Å²) in [5.41, 5.74) is 1.02. The topological polar surface area (TPSA) is 39.3 Å². The molecule has 1 amide bonds. The van der Waals surface area contributed by atoms with Crippen molar-refractivity contribution in [3.05, 3.63) is 30.1 Å². The molecule has 0 bridgehead atoms. The third kappa shape index (κ3) is 5.89. The summed E-state index contributed by atoms with van der Waals surface area (Å²) in [5.74, 6) is 0.0302.